The largest absolute Gasteiger partial charge is 0.417 e. The van der Waals surface area contributed by atoms with Gasteiger partial charge in [-0.3, -0.25) is 19.1 Å². The van der Waals surface area contributed by atoms with Gasteiger partial charge in [0.2, 0.25) is 0 Å². The second-order valence-corrected chi connectivity index (χ2v) is 6.25. The number of nitrogens with two attached hydrogens (primary N) is 1. The predicted molar refractivity (Wildman–Crippen MR) is 91.9 cm³/mol. The number of H-pyrrole nitrogens is 1. The third kappa shape index (κ3) is 4.98. The van der Waals surface area contributed by atoms with Gasteiger partial charge in [0, 0.05) is 13.3 Å². The van der Waals surface area contributed by atoms with Crippen LogP contribution in [0.5, 0.6) is 0 Å². The molecule has 0 saturated carbocycles. The minimum absolute atomic E-state index is 0.0336. The SMILES string of the molecule is COCCn1c(N)c(C(=O)CSc2ccc(C(F)(F)F)cn2)c(=O)[nH]c1=O. The maximum absolute atomic E-state index is 12.5. The lowest BCUT2D eigenvalue weighted by atomic mass is 10.2. The number of carbonyl (C=O) groups is 1. The number of nitrogens with one attached hydrogen (secondary N) is 1. The molecule has 0 unspecified atom stereocenters. The van der Waals surface area contributed by atoms with Crippen molar-refractivity contribution < 1.29 is 22.7 Å². The number of pyridine rings is 1. The van der Waals surface area contributed by atoms with E-state index in [0.29, 0.717) is 6.20 Å². The first kappa shape index (κ1) is 20.7. The topological polar surface area (TPSA) is 120 Å². The van der Waals surface area contributed by atoms with Gasteiger partial charge >= 0.3 is 11.9 Å². The number of ketones is 1. The van der Waals surface area contributed by atoms with Crippen molar-refractivity contribution in [2.75, 3.05) is 25.2 Å². The number of aromatic nitrogens is 3. The monoisotopic (exact) mass is 404 g/mol. The average Bonchev–Trinajstić information content (AvgIpc) is 2.59. The quantitative estimate of drug-likeness (QED) is 0.525. The number of hydrogen-bond donors (Lipinski definition) is 2. The molecule has 146 valence electrons. The second-order valence-electron chi connectivity index (χ2n) is 5.26. The van der Waals surface area contributed by atoms with Crippen LogP contribution in [0.2, 0.25) is 0 Å². The summed E-state index contributed by atoms with van der Waals surface area (Å²) in [5, 5.41) is 0.166. The fourth-order valence-corrected chi connectivity index (χ4v) is 2.82. The highest BCUT2D eigenvalue weighted by atomic mass is 32.2. The molecule has 0 aromatic carbocycles. The van der Waals surface area contributed by atoms with Crippen molar-refractivity contribution >= 4 is 23.4 Å². The van der Waals surface area contributed by atoms with Crippen LogP contribution in [0, 0.1) is 0 Å². The lowest BCUT2D eigenvalue weighted by Gasteiger charge is -2.11. The Morgan fingerprint density at radius 1 is 1.37 bits per heavy atom. The van der Waals surface area contributed by atoms with E-state index in [9.17, 15) is 27.6 Å². The van der Waals surface area contributed by atoms with Crippen LogP contribution in [0.4, 0.5) is 19.0 Å². The highest BCUT2D eigenvalue weighted by Gasteiger charge is 2.30. The molecule has 12 heteroatoms. The summed E-state index contributed by atoms with van der Waals surface area (Å²) in [5.41, 5.74) is 2.76. The van der Waals surface area contributed by atoms with Crippen molar-refractivity contribution in [3.8, 4) is 0 Å². The third-order valence-electron chi connectivity index (χ3n) is 3.45. The van der Waals surface area contributed by atoms with E-state index in [1.165, 1.54) is 7.11 Å². The lowest BCUT2D eigenvalue weighted by molar-refractivity contribution is -0.137. The smallest absolute Gasteiger partial charge is 0.384 e. The van der Waals surface area contributed by atoms with Crippen LogP contribution in [-0.4, -0.2) is 39.8 Å². The van der Waals surface area contributed by atoms with Crippen LogP contribution < -0.4 is 17.0 Å². The normalized spacial score (nSPS) is 11.6. The summed E-state index contributed by atoms with van der Waals surface area (Å²) in [4.78, 5) is 41.7. The van der Waals surface area contributed by atoms with Gasteiger partial charge in [0.15, 0.2) is 5.78 Å². The Morgan fingerprint density at radius 3 is 2.63 bits per heavy atom. The molecule has 2 aromatic heterocycles. The van der Waals surface area contributed by atoms with Crippen LogP contribution in [0.1, 0.15) is 15.9 Å². The van der Waals surface area contributed by atoms with Gasteiger partial charge in [-0.25, -0.2) is 9.78 Å². The number of nitrogens with zero attached hydrogens (tertiary/aromatic N) is 2. The number of alkyl halides is 3. The van der Waals surface area contributed by atoms with E-state index in [0.717, 1.165) is 28.5 Å². The fourth-order valence-electron chi connectivity index (χ4n) is 2.11. The predicted octanol–water partition coefficient (Wildman–Crippen LogP) is 1.15. The van der Waals surface area contributed by atoms with Crippen LogP contribution in [0.25, 0.3) is 0 Å². The second kappa shape index (κ2) is 8.39. The molecule has 27 heavy (non-hydrogen) atoms. The summed E-state index contributed by atoms with van der Waals surface area (Å²) >= 11 is 0.840. The molecule has 0 radical (unpaired) electrons. The molecule has 0 bridgehead atoms. The highest BCUT2D eigenvalue weighted by molar-refractivity contribution is 7.99. The molecule has 0 spiro atoms. The van der Waals surface area contributed by atoms with E-state index in [1.54, 1.807) is 0 Å². The van der Waals surface area contributed by atoms with Crippen LogP contribution in [-0.2, 0) is 17.5 Å². The van der Waals surface area contributed by atoms with Crippen molar-refractivity contribution in [2.45, 2.75) is 17.7 Å². The number of carbonyl (C=O) groups excluding carboxylic acids is 1. The summed E-state index contributed by atoms with van der Waals surface area (Å²) < 4.78 is 43.4. The molecule has 2 heterocycles. The first-order valence-electron chi connectivity index (χ1n) is 7.46. The molecule has 2 aromatic rings. The van der Waals surface area contributed by atoms with Crippen molar-refractivity contribution in [1.82, 2.24) is 14.5 Å². The first-order valence-corrected chi connectivity index (χ1v) is 8.44. The number of aromatic amines is 1. The van der Waals surface area contributed by atoms with Crippen LogP contribution >= 0.6 is 11.8 Å². The van der Waals surface area contributed by atoms with Gasteiger partial charge in [0.1, 0.15) is 11.4 Å². The molecular weight excluding hydrogens is 389 g/mol. The van der Waals surface area contributed by atoms with Gasteiger partial charge in [0.05, 0.1) is 29.5 Å². The van der Waals surface area contributed by atoms with Crippen LogP contribution in [0.3, 0.4) is 0 Å². The van der Waals surface area contributed by atoms with Crippen LogP contribution in [0.15, 0.2) is 32.9 Å². The van der Waals surface area contributed by atoms with Gasteiger partial charge in [-0.15, -0.1) is 0 Å². The summed E-state index contributed by atoms with van der Waals surface area (Å²) in [6, 6.07) is 1.96. The minimum Gasteiger partial charge on any atom is -0.384 e. The Morgan fingerprint density at radius 2 is 2.07 bits per heavy atom. The average molecular weight is 404 g/mol. The van der Waals surface area contributed by atoms with Gasteiger partial charge in [-0.2, -0.15) is 13.2 Å². The number of methoxy groups -OCH3 is 1. The van der Waals surface area contributed by atoms with Crippen molar-refractivity contribution in [3.05, 3.63) is 50.3 Å². The first-order chi connectivity index (χ1) is 12.6. The standard InChI is InChI=1S/C15H15F3N4O4S/c1-26-5-4-22-12(19)11(13(24)21-14(22)25)9(23)7-27-10-3-2-8(6-20-10)15(16,17)18/h2-3,6H,4-5,7,19H2,1H3,(H,21,24,25). The molecule has 0 saturated heterocycles. The Hall–Kier alpha value is -2.60. The molecule has 0 atom stereocenters. The molecule has 0 aliphatic carbocycles. The highest BCUT2D eigenvalue weighted by Crippen LogP contribution is 2.29. The van der Waals surface area contributed by atoms with E-state index >= 15 is 0 Å². The van der Waals surface area contributed by atoms with Crippen molar-refractivity contribution in [3.63, 3.8) is 0 Å². The van der Waals surface area contributed by atoms with E-state index < -0.39 is 34.3 Å². The third-order valence-corrected chi connectivity index (χ3v) is 4.40. The number of thioether (sulfide) groups is 1. The summed E-state index contributed by atoms with van der Waals surface area (Å²) in [6.07, 6.45) is -3.86. The van der Waals surface area contributed by atoms with E-state index in [2.05, 4.69) is 4.98 Å². The molecule has 2 rings (SSSR count). The number of rotatable bonds is 7. The molecule has 0 aliphatic heterocycles. The molecule has 0 aliphatic rings. The number of anilines is 1. The molecule has 3 N–H and O–H groups in total. The molecule has 8 nitrogen and oxygen atoms in total. The Labute approximate surface area is 154 Å². The Balaban J connectivity index is 2.18. The van der Waals surface area contributed by atoms with E-state index in [4.69, 9.17) is 10.5 Å². The zero-order chi connectivity index (χ0) is 20.2. The number of halogens is 3. The number of ether oxygens (including phenoxy) is 1. The maximum Gasteiger partial charge on any atom is 0.417 e. The summed E-state index contributed by atoms with van der Waals surface area (Å²) in [7, 11) is 1.41. The van der Waals surface area contributed by atoms with Crippen molar-refractivity contribution in [2.24, 2.45) is 0 Å². The van der Waals surface area contributed by atoms with Gasteiger partial charge < -0.3 is 10.5 Å². The molecular formula is C15H15F3N4O4S. The van der Waals surface area contributed by atoms with Gasteiger partial charge in [-0.05, 0) is 12.1 Å². The van der Waals surface area contributed by atoms with Gasteiger partial charge in [-0.1, -0.05) is 11.8 Å². The number of hydrogen-bond acceptors (Lipinski definition) is 7. The fraction of sp³-hybridized carbons (Fsp3) is 0.333. The summed E-state index contributed by atoms with van der Waals surface area (Å²) in [6.45, 7) is 0.167. The maximum atomic E-state index is 12.5. The number of Topliss-reactive ketones (excluding diaryl/α,β-unsaturated/α-hetero) is 1. The lowest BCUT2D eigenvalue weighted by Crippen LogP contribution is -2.37. The molecule has 0 amide bonds. The Bertz CT molecular complexity index is 938. The Kier molecular flexibility index (Phi) is 6.44. The summed E-state index contributed by atoms with van der Waals surface area (Å²) in [5.74, 6) is -1.29. The minimum atomic E-state index is -4.51. The van der Waals surface area contributed by atoms with E-state index in [1.807, 2.05) is 4.98 Å². The van der Waals surface area contributed by atoms with E-state index in [-0.39, 0.29) is 29.7 Å². The zero-order valence-corrected chi connectivity index (χ0v) is 14.8. The van der Waals surface area contributed by atoms with Gasteiger partial charge in [0.25, 0.3) is 5.56 Å². The zero-order valence-electron chi connectivity index (χ0n) is 14.0. The molecule has 0 fully saturated rings. The van der Waals surface area contributed by atoms with Crippen molar-refractivity contribution in [1.29, 1.82) is 0 Å². The number of nitrogen functional groups attached to an aromatic ring is 1.